The van der Waals surface area contributed by atoms with E-state index in [0.717, 1.165) is 19.3 Å². The molecule has 0 unspecified atom stereocenters. The van der Waals surface area contributed by atoms with E-state index in [1.807, 2.05) is 6.92 Å². The number of nitrogens with one attached hydrogen (secondary N) is 2. The molecule has 0 spiro atoms. The fraction of sp³-hybridized carbons (Fsp3) is 0.480. The number of carbonyl (C=O) groups excluding carboxylic acids is 1. The van der Waals surface area contributed by atoms with Gasteiger partial charge in [0, 0.05) is 18.3 Å². The highest BCUT2D eigenvalue weighted by Crippen LogP contribution is 2.45. The highest BCUT2D eigenvalue weighted by atomic mass is 32.2. The molecule has 3 aromatic heterocycles. The third kappa shape index (κ3) is 5.22. The highest BCUT2D eigenvalue weighted by Gasteiger charge is 2.46. The molecule has 2 aliphatic heterocycles. The van der Waals surface area contributed by atoms with Crippen LogP contribution in [0.25, 0.3) is 10.6 Å². The summed E-state index contributed by atoms with van der Waals surface area (Å²) < 4.78 is 39.2. The van der Waals surface area contributed by atoms with Crippen molar-refractivity contribution in [3.63, 3.8) is 0 Å². The second kappa shape index (κ2) is 10.2. The van der Waals surface area contributed by atoms with Gasteiger partial charge in [0.1, 0.15) is 5.69 Å². The summed E-state index contributed by atoms with van der Waals surface area (Å²) in [5, 5.41) is 3.07. The van der Waals surface area contributed by atoms with Gasteiger partial charge in [0.05, 0.1) is 58.8 Å². The quantitative estimate of drug-likeness (QED) is 0.384. The molecule has 4 atom stereocenters. The van der Waals surface area contributed by atoms with Crippen LogP contribution in [-0.2, 0) is 14.8 Å². The minimum absolute atomic E-state index is 0.0161. The standard InChI is InChI=1S/C25H28N6O5S2/c1-2-35-22-13-26-11-19(29-22)21-12-28-25(37-21)24(32)30-23(17-10-15-3-6-20(17)36-15)18-9-14(7-8-27-18)31-38(33,34)16-4-5-16/h7-9,11-13,15-17,20,23H,2-6,10H2,1H3,(H,27,31)(H,30,32)/t15-,17+,20+,23-/m1/s1. The zero-order valence-electron chi connectivity index (χ0n) is 20.7. The van der Waals surface area contributed by atoms with Crippen LogP contribution in [0.3, 0.4) is 0 Å². The van der Waals surface area contributed by atoms with Gasteiger partial charge in [-0.15, -0.1) is 11.3 Å². The molecule has 38 heavy (non-hydrogen) atoms. The predicted molar refractivity (Wildman–Crippen MR) is 140 cm³/mol. The number of thiazole rings is 1. The summed E-state index contributed by atoms with van der Waals surface area (Å²) in [5.74, 6) is 0.0892. The number of amides is 1. The first kappa shape index (κ1) is 25.1. The number of sulfonamides is 1. The van der Waals surface area contributed by atoms with E-state index in [-0.39, 0.29) is 34.3 Å². The van der Waals surface area contributed by atoms with Crippen LogP contribution >= 0.6 is 11.3 Å². The van der Waals surface area contributed by atoms with Crippen LogP contribution in [0.1, 0.15) is 60.6 Å². The monoisotopic (exact) mass is 556 g/mol. The maximum absolute atomic E-state index is 13.4. The highest BCUT2D eigenvalue weighted by molar-refractivity contribution is 7.93. The number of nitrogens with zero attached hydrogens (tertiary/aromatic N) is 4. The van der Waals surface area contributed by atoms with Gasteiger partial charge in [0.2, 0.25) is 15.9 Å². The Morgan fingerprint density at radius 2 is 2.08 bits per heavy atom. The zero-order chi connectivity index (χ0) is 26.3. The molecule has 200 valence electrons. The largest absolute Gasteiger partial charge is 0.477 e. The number of anilines is 1. The average Bonchev–Trinajstić information content (AvgIpc) is 3.31. The van der Waals surface area contributed by atoms with Crippen molar-refractivity contribution in [1.82, 2.24) is 25.3 Å². The number of pyridine rings is 1. The van der Waals surface area contributed by atoms with Gasteiger partial charge in [-0.3, -0.25) is 19.5 Å². The minimum Gasteiger partial charge on any atom is -0.477 e. The molecule has 1 saturated carbocycles. The second-order valence-corrected chi connectivity index (χ2v) is 12.7. The Bertz CT molecular complexity index is 1440. The van der Waals surface area contributed by atoms with E-state index in [4.69, 9.17) is 9.47 Å². The molecule has 1 amide bonds. The summed E-state index contributed by atoms with van der Waals surface area (Å²) in [5.41, 5.74) is 1.60. The first-order chi connectivity index (χ1) is 18.4. The van der Waals surface area contributed by atoms with Crippen LogP contribution in [0.15, 0.2) is 36.9 Å². The molecule has 2 saturated heterocycles. The zero-order valence-corrected chi connectivity index (χ0v) is 22.4. The normalized spacial score (nSPS) is 23.2. The summed E-state index contributed by atoms with van der Waals surface area (Å²) in [6.07, 6.45) is 10.6. The SMILES string of the molecule is CCOc1cncc(-c2cnc(C(=O)N[C@@H](c3cc(NS(=O)(=O)C4CC4)ccn3)[C@H]3C[C@H]4CC[C@@H]3O4)s2)n1. The van der Waals surface area contributed by atoms with Gasteiger partial charge in [-0.05, 0) is 51.2 Å². The lowest BCUT2D eigenvalue weighted by Gasteiger charge is -2.29. The van der Waals surface area contributed by atoms with E-state index in [1.165, 1.54) is 17.5 Å². The van der Waals surface area contributed by atoms with E-state index >= 15 is 0 Å². The molecule has 13 heteroatoms. The molecule has 5 heterocycles. The summed E-state index contributed by atoms with van der Waals surface area (Å²) in [4.78, 5) is 31.6. The van der Waals surface area contributed by atoms with E-state index in [1.54, 1.807) is 30.7 Å². The number of rotatable bonds is 10. The molecule has 1 aliphatic carbocycles. The van der Waals surface area contributed by atoms with Crippen LogP contribution < -0.4 is 14.8 Å². The molecule has 3 fully saturated rings. The van der Waals surface area contributed by atoms with E-state index < -0.39 is 16.1 Å². The van der Waals surface area contributed by atoms with Gasteiger partial charge in [0.15, 0.2) is 5.01 Å². The van der Waals surface area contributed by atoms with Gasteiger partial charge < -0.3 is 14.8 Å². The maximum Gasteiger partial charge on any atom is 0.280 e. The molecule has 11 nitrogen and oxygen atoms in total. The Morgan fingerprint density at radius 1 is 1.21 bits per heavy atom. The fourth-order valence-electron chi connectivity index (χ4n) is 5.12. The number of hydrogen-bond donors (Lipinski definition) is 2. The van der Waals surface area contributed by atoms with Crippen molar-refractivity contribution in [3.8, 4) is 16.5 Å². The number of hydrogen-bond acceptors (Lipinski definition) is 10. The number of aromatic nitrogens is 4. The lowest BCUT2D eigenvalue weighted by molar-refractivity contribution is 0.0790. The molecule has 3 aliphatic rings. The van der Waals surface area contributed by atoms with E-state index in [2.05, 4.69) is 30.0 Å². The molecular formula is C25H28N6O5S2. The van der Waals surface area contributed by atoms with Gasteiger partial charge in [0.25, 0.3) is 5.91 Å². The van der Waals surface area contributed by atoms with Crippen LogP contribution in [0, 0.1) is 5.92 Å². The Balaban J connectivity index is 1.25. The van der Waals surface area contributed by atoms with Crippen LogP contribution in [-0.4, -0.2) is 58.3 Å². The molecule has 2 N–H and O–H groups in total. The van der Waals surface area contributed by atoms with Gasteiger partial charge in [-0.1, -0.05) is 0 Å². The van der Waals surface area contributed by atoms with E-state index in [0.29, 0.717) is 47.3 Å². The summed E-state index contributed by atoms with van der Waals surface area (Å²) in [6, 6.07) is 2.87. The summed E-state index contributed by atoms with van der Waals surface area (Å²) in [7, 11) is -3.42. The third-order valence-electron chi connectivity index (χ3n) is 7.05. The third-order valence-corrected chi connectivity index (χ3v) is 9.94. The minimum atomic E-state index is -3.42. The first-order valence-electron chi connectivity index (χ1n) is 12.7. The Labute approximate surface area is 224 Å². The fourth-order valence-corrected chi connectivity index (χ4v) is 7.27. The topological polar surface area (TPSA) is 145 Å². The van der Waals surface area contributed by atoms with Crippen LogP contribution in [0.2, 0.25) is 0 Å². The Morgan fingerprint density at radius 3 is 2.82 bits per heavy atom. The maximum atomic E-state index is 13.4. The molecule has 2 bridgehead atoms. The smallest absolute Gasteiger partial charge is 0.280 e. The number of fused-ring (bicyclic) bond motifs is 2. The Kier molecular flexibility index (Phi) is 6.74. The van der Waals surface area contributed by atoms with Crippen molar-refractivity contribution in [2.24, 2.45) is 5.92 Å². The molecule has 0 radical (unpaired) electrons. The van der Waals surface area contributed by atoms with Crippen LogP contribution in [0.4, 0.5) is 5.69 Å². The van der Waals surface area contributed by atoms with Crippen molar-refractivity contribution in [2.75, 3.05) is 11.3 Å². The van der Waals surface area contributed by atoms with Crippen LogP contribution in [0.5, 0.6) is 5.88 Å². The lowest BCUT2D eigenvalue weighted by atomic mass is 9.82. The predicted octanol–water partition coefficient (Wildman–Crippen LogP) is 3.34. The molecule has 3 aromatic rings. The summed E-state index contributed by atoms with van der Waals surface area (Å²) in [6.45, 7) is 2.34. The van der Waals surface area contributed by atoms with Gasteiger partial charge in [-0.2, -0.15) is 0 Å². The second-order valence-electron chi connectivity index (χ2n) is 9.75. The molecule has 6 rings (SSSR count). The molecule has 0 aromatic carbocycles. The van der Waals surface area contributed by atoms with Crippen molar-refractivity contribution < 1.29 is 22.7 Å². The lowest BCUT2D eigenvalue weighted by Crippen LogP contribution is -2.38. The Hall–Kier alpha value is -3.16. The summed E-state index contributed by atoms with van der Waals surface area (Å²) >= 11 is 1.21. The number of carbonyl (C=O) groups is 1. The molecular weight excluding hydrogens is 528 g/mol. The van der Waals surface area contributed by atoms with Crippen molar-refractivity contribution in [1.29, 1.82) is 0 Å². The van der Waals surface area contributed by atoms with Gasteiger partial charge in [-0.25, -0.2) is 18.4 Å². The van der Waals surface area contributed by atoms with Crippen molar-refractivity contribution in [2.45, 2.75) is 62.5 Å². The van der Waals surface area contributed by atoms with Gasteiger partial charge >= 0.3 is 0 Å². The van der Waals surface area contributed by atoms with Crippen molar-refractivity contribution >= 4 is 33.0 Å². The number of ether oxygens (including phenoxy) is 2. The average molecular weight is 557 g/mol. The van der Waals surface area contributed by atoms with E-state index in [9.17, 15) is 13.2 Å². The van der Waals surface area contributed by atoms with Crippen molar-refractivity contribution in [3.05, 3.63) is 47.6 Å². The first-order valence-corrected chi connectivity index (χ1v) is 15.1.